The highest BCUT2D eigenvalue weighted by Gasteiger charge is 2.21. The number of rotatable bonds is 9. The average molecular weight is 378 g/mol. The largest absolute Gasteiger partial charge is 0.484 e. The molecule has 0 spiro atoms. The summed E-state index contributed by atoms with van der Waals surface area (Å²) in [6.07, 6.45) is -0.123. The second kappa shape index (κ2) is 9.33. The molecule has 0 saturated carbocycles. The normalized spacial score (nSPS) is 13.1. The molecule has 0 aromatic heterocycles. The molecule has 0 aliphatic heterocycles. The number of halogens is 1. The molecule has 4 nitrogen and oxygen atoms in total. The summed E-state index contributed by atoms with van der Waals surface area (Å²) < 4.78 is 12.2. The molecule has 5 heteroatoms. The van der Waals surface area contributed by atoms with Crippen LogP contribution in [0.25, 0.3) is 0 Å². The highest BCUT2D eigenvalue weighted by molar-refractivity contribution is 9.10. The van der Waals surface area contributed by atoms with E-state index in [0.29, 0.717) is 19.4 Å². The SMILES string of the molecule is CCNC(CC(Oc1ccccc1Br)c1ccccc1)OC=O. The summed E-state index contributed by atoms with van der Waals surface area (Å²) in [4.78, 5) is 10.7. The van der Waals surface area contributed by atoms with E-state index in [-0.39, 0.29) is 6.10 Å². The van der Waals surface area contributed by atoms with Gasteiger partial charge in [0, 0.05) is 6.42 Å². The molecule has 0 heterocycles. The van der Waals surface area contributed by atoms with Crippen molar-refractivity contribution in [2.75, 3.05) is 6.54 Å². The second-order valence-electron chi connectivity index (χ2n) is 4.96. The molecule has 1 N–H and O–H groups in total. The summed E-state index contributed by atoms with van der Waals surface area (Å²) in [5.41, 5.74) is 1.03. The van der Waals surface area contributed by atoms with Crippen LogP contribution in [-0.4, -0.2) is 19.2 Å². The summed E-state index contributed by atoms with van der Waals surface area (Å²) in [5, 5.41) is 3.14. The molecule has 2 unspecified atom stereocenters. The summed E-state index contributed by atoms with van der Waals surface area (Å²) in [5.74, 6) is 0.753. The molecular formula is C18H20BrNO3. The molecule has 0 aliphatic carbocycles. The molecule has 2 atom stereocenters. The first kappa shape index (κ1) is 17.5. The number of carbonyl (C=O) groups is 1. The third-order valence-corrected chi connectivity index (χ3v) is 4.01. The lowest BCUT2D eigenvalue weighted by Gasteiger charge is -2.25. The molecule has 122 valence electrons. The van der Waals surface area contributed by atoms with Crippen LogP contribution in [0.4, 0.5) is 0 Å². The van der Waals surface area contributed by atoms with Gasteiger partial charge in [0.05, 0.1) is 4.47 Å². The van der Waals surface area contributed by atoms with Crippen LogP contribution in [0.3, 0.4) is 0 Å². The van der Waals surface area contributed by atoms with Crippen LogP contribution in [0, 0.1) is 0 Å². The van der Waals surface area contributed by atoms with E-state index in [2.05, 4.69) is 21.2 Å². The van der Waals surface area contributed by atoms with Crippen molar-refractivity contribution in [3.05, 3.63) is 64.6 Å². The highest BCUT2D eigenvalue weighted by atomic mass is 79.9. The zero-order chi connectivity index (χ0) is 16.5. The Morgan fingerprint density at radius 3 is 2.48 bits per heavy atom. The molecule has 2 rings (SSSR count). The van der Waals surface area contributed by atoms with Gasteiger partial charge in [0.15, 0.2) is 6.23 Å². The summed E-state index contributed by atoms with van der Waals surface area (Å²) >= 11 is 3.50. The predicted molar refractivity (Wildman–Crippen MR) is 93.2 cm³/mol. The summed E-state index contributed by atoms with van der Waals surface area (Å²) in [6.45, 7) is 3.14. The van der Waals surface area contributed by atoms with Gasteiger partial charge in [0.1, 0.15) is 11.9 Å². The van der Waals surface area contributed by atoms with Crippen molar-refractivity contribution >= 4 is 22.4 Å². The van der Waals surface area contributed by atoms with Gasteiger partial charge in [-0.15, -0.1) is 0 Å². The fraction of sp³-hybridized carbons (Fsp3) is 0.278. The van der Waals surface area contributed by atoms with Gasteiger partial charge in [0.25, 0.3) is 6.47 Å². The van der Waals surface area contributed by atoms with Crippen molar-refractivity contribution in [1.29, 1.82) is 0 Å². The van der Waals surface area contributed by atoms with Gasteiger partial charge in [-0.1, -0.05) is 49.4 Å². The number of benzene rings is 2. The van der Waals surface area contributed by atoms with Gasteiger partial charge in [-0.3, -0.25) is 10.1 Å². The van der Waals surface area contributed by atoms with E-state index in [1.807, 2.05) is 61.5 Å². The molecule has 0 aliphatic rings. The molecular weight excluding hydrogens is 358 g/mol. The Morgan fingerprint density at radius 1 is 1.13 bits per heavy atom. The fourth-order valence-electron chi connectivity index (χ4n) is 2.29. The smallest absolute Gasteiger partial charge is 0.294 e. The van der Waals surface area contributed by atoms with Gasteiger partial charge in [-0.05, 0) is 40.2 Å². The minimum Gasteiger partial charge on any atom is -0.484 e. The second-order valence-corrected chi connectivity index (χ2v) is 5.82. The van der Waals surface area contributed by atoms with Gasteiger partial charge >= 0.3 is 0 Å². The quantitative estimate of drug-likeness (QED) is 0.528. The zero-order valence-corrected chi connectivity index (χ0v) is 14.5. The van der Waals surface area contributed by atoms with Gasteiger partial charge < -0.3 is 9.47 Å². The van der Waals surface area contributed by atoms with Crippen molar-refractivity contribution in [2.24, 2.45) is 0 Å². The van der Waals surface area contributed by atoms with Gasteiger partial charge in [0.2, 0.25) is 0 Å². The molecule has 0 amide bonds. The van der Waals surface area contributed by atoms with Gasteiger partial charge in [-0.25, -0.2) is 0 Å². The van der Waals surface area contributed by atoms with Crippen LogP contribution >= 0.6 is 15.9 Å². The number of carbonyl (C=O) groups excluding carboxylic acids is 1. The first-order valence-corrected chi connectivity index (χ1v) is 8.32. The van der Waals surface area contributed by atoms with E-state index in [9.17, 15) is 4.79 Å². The number of ether oxygens (including phenoxy) is 2. The Hall–Kier alpha value is -1.85. The summed E-state index contributed by atoms with van der Waals surface area (Å²) in [7, 11) is 0. The van der Waals surface area contributed by atoms with Crippen molar-refractivity contribution in [1.82, 2.24) is 5.32 Å². The minimum atomic E-state index is -0.398. The Balaban J connectivity index is 2.21. The lowest BCUT2D eigenvalue weighted by Crippen LogP contribution is -2.34. The predicted octanol–water partition coefficient (Wildman–Crippen LogP) is 4.07. The van der Waals surface area contributed by atoms with Crippen molar-refractivity contribution in [3.8, 4) is 5.75 Å². The van der Waals surface area contributed by atoms with E-state index >= 15 is 0 Å². The third kappa shape index (κ3) is 5.37. The summed E-state index contributed by atoms with van der Waals surface area (Å²) in [6, 6.07) is 17.6. The molecule has 2 aromatic carbocycles. The Labute approximate surface area is 144 Å². The number of para-hydroxylation sites is 1. The molecule has 0 radical (unpaired) electrons. The number of nitrogens with one attached hydrogen (secondary N) is 1. The first-order chi connectivity index (χ1) is 11.2. The number of hydrogen-bond donors (Lipinski definition) is 1. The van der Waals surface area contributed by atoms with Crippen LogP contribution in [0.2, 0.25) is 0 Å². The van der Waals surface area contributed by atoms with Gasteiger partial charge in [-0.2, -0.15) is 0 Å². The Bertz CT molecular complexity index is 606. The van der Waals surface area contributed by atoms with E-state index in [0.717, 1.165) is 15.8 Å². The maximum atomic E-state index is 10.7. The maximum absolute atomic E-state index is 10.7. The molecule has 0 saturated heterocycles. The fourth-order valence-corrected chi connectivity index (χ4v) is 2.67. The molecule has 0 fully saturated rings. The zero-order valence-electron chi connectivity index (χ0n) is 12.9. The van der Waals surface area contributed by atoms with Crippen molar-refractivity contribution in [2.45, 2.75) is 25.7 Å². The van der Waals surface area contributed by atoms with Crippen molar-refractivity contribution in [3.63, 3.8) is 0 Å². The molecule has 23 heavy (non-hydrogen) atoms. The Kier molecular flexibility index (Phi) is 7.10. The van der Waals surface area contributed by atoms with E-state index in [4.69, 9.17) is 9.47 Å². The lowest BCUT2D eigenvalue weighted by atomic mass is 10.1. The minimum absolute atomic E-state index is 0.237. The van der Waals surface area contributed by atoms with Crippen LogP contribution in [0.15, 0.2) is 59.1 Å². The molecule has 0 bridgehead atoms. The van der Waals surface area contributed by atoms with Crippen LogP contribution in [0.1, 0.15) is 25.0 Å². The Morgan fingerprint density at radius 2 is 1.83 bits per heavy atom. The maximum Gasteiger partial charge on any atom is 0.294 e. The van der Waals surface area contributed by atoms with E-state index < -0.39 is 6.23 Å². The van der Waals surface area contributed by atoms with Crippen molar-refractivity contribution < 1.29 is 14.3 Å². The highest BCUT2D eigenvalue weighted by Crippen LogP contribution is 2.31. The van der Waals surface area contributed by atoms with Crippen LogP contribution in [0.5, 0.6) is 5.75 Å². The number of hydrogen-bond acceptors (Lipinski definition) is 4. The topological polar surface area (TPSA) is 47.6 Å². The first-order valence-electron chi connectivity index (χ1n) is 7.53. The van der Waals surface area contributed by atoms with E-state index in [1.165, 1.54) is 0 Å². The third-order valence-electron chi connectivity index (χ3n) is 3.36. The van der Waals surface area contributed by atoms with Crippen LogP contribution in [-0.2, 0) is 9.53 Å². The monoisotopic (exact) mass is 377 g/mol. The van der Waals surface area contributed by atoms with E-state index in [1.54, 1.807) is 0 Å². The van der Waals surface area contributed by atoms with Crippen LogP contribution < -0.4 is 10.1 Å². The standard InChI is InChI=1S/C18H20BrNO3/c1-2-20-18(22-13-21)12-17(14-8-4-3-5-9-14)23-16-11-7-6-10-15(16)19/h3-11,13,17-18,20H,2,12H2,1H3. The molecule has 2 aromatic rings. The average Bonchev–Trinajstić information content (AvgIpc) is 2.57. The lowest BCUT2D eigenvalue weighted by molar-refractivity contribution is -0.136.